The molecular formula is C17H20O3. The van der Waals surface area contributed by atoms with Gasteiger partial charge in [0.1, 0.15) is 5.75 Å². The lowest BCUT2D eigenvalue weighted by Gasteiger charge is -2.13. The van der Waals surface area contributed by atoms with E-state index in [1.54, 1.807) is 21.3 Å². The Morgan fingerprint density at radius 3 is 1.95 bits per heavy atom. The zero-order valence-corrected chi connectivity index (χ0v) is 12.4. The molecule has 3 heteroatoms. The molecule has 0 saturated carbocycles. The summed E-state index contributed by atoms with van der Waals surface area (Å²) in [6.07, 6.45) is 0.857. The van der Waals surface area contributed by atoms with Crippen molar-refractivity contribution in [2.75, 3.05) is 21.3 Å². The Hall–Kier alpha value is -2.16. The van der Waals surface area contributed by atoms with E-state index in [2.05, 4.69) is 19.1 Å². The summed E-state index contributed by atoms with van der Waals surface area (Å²) in [6.45, 7) is 2.08. The van der Waals surface area contributed by atoms with Gasteiger partial charge in [-0.15, -0.1) is 0 Å². The van der Waals surface area contributed by atoms with Gasteiger partial charge in [-0.25, -0.2) is 0 Å². The maximum Gasteiger partial charge on any atom is 0.161 e. The van der Waals surface area contributed by atoms with E-state index in [4.69, 9.17) is 14.2 Å². The van der Waals surface area contributed by atoms with Gasteiger partial charge in [0, 0.05) is 0 Å². The number of rotatable bonds is 5. The van der Waals surface area contributed by atoms with Crippen molar-refractivity contribution in [2.45, 2.75) is 13.3 Å². The second kappa shape index (κ2) is 6.33. The zero-order valence-electron chi connectivity index (χ0n) is 12.4. The predicted molar refractivity (Wildman–Crippen MR) is 80.1 cm³/mol. The second-order valence-electron chi connectivity index (χ2n) is 4.66. The van der Waals surface area contributed by atoms with E-state index in [9.17, 15) is 0 Å². The Morgan fingerprint density at radius 2 is 1.40 bits per heavy atom. The average molecular weight is 272 g/mol. The van der Waals surface area contributed by atoms with Crippen LogP contribution in [0, 0.1) is 6.92 Å². The smallest absolute Gasteiger partial charge is 0.161 e. The molecule has 0 unspecified atom stereocenters. The number of hydrogen-bond acceptors (Lipinski definition) is 3. The first-order chi connectivity index (χ1) is 9.67. The maximum atomic E-state index is 5.36. The molecule has 0 saturated heterocycles. The lowest BCUT2D eigenvalue weighted by atomic mass is 10.00. The third-order valence-corrected chi connectivity index (χ3v) is 3.40. The average Bonchev–Trinajstić information content (AvgIpc) is 2.49. The van der Waals surface area contributed by atoms with Crippen LogP contribution < -0.4 is 14.2 Å². The van der Waals surface area contributed by atoms with E-state index in [1.165, 1.54) is 16.7 Å². The fourth-order valence-corrected chi connectivity index (χ4v) is 2.18. The maximum absolute atomic E-state index is 5.36. The minimum absolute atomic E-state index is 0.765. The topological polar surface area (TPSA) is 27.7 Å². The molecule has 0 N–H and O–H groups in total. The minimum Gasteiger partial charge on any atom is -0.497 e. The van der Waals surface area contributed by atoms with Crippen molar-refractivity contribution in [3.63, 3.8) is 0 Å². The van der Waals surface area contributed by atoms with Crippen LogP contribution in [0.3, 0.4) is 0 Å². The molecule has 0 aliphatic rings. The molecule has 2 rings (SSSR count). The van der Waals surface area contributed by atoms with E-state index in [0.29, 0.717) is 0 Å². The van der Waals surface area contributed by atoms with Crippen LogP contribution in [0.5, 0.6) is 17.2 Å². The molecule has 0 heterocycles. The Morgan fingerprint density at radius 1 is 0.800 bits per heavy atom. The van der Waals surface area contributed by atoms with Crippen LogP contribution in [0.2, 0.25) is 0 Å². The second-order valence-corrected chi connectivity index (χ2v) is 4.66. The van der Waals surface area contributed by atoms with Gasteiger partial charge < -0.3 is 14.2 Å². The van der Waals surface area contributed by atoms with Gasteiger partial charge in [-0.1, -0.05) is 12.1 Å². The van der Waals surface area contributed by atoms with Crippen molar-refractivity contribution in [1.82, 2.24) is 0 Å². The SMILES string of the molecule is COc1ccc(Cc2cc(OC)c(OC)cc2C)cc1. The van der Waals surface area contributed by atoms with Gasteiger partial charge in [-0.3, -0.25) is 0 Å². The summed E-state index contributed by atoms with van der Waals surface area (Å²) in [7, 11) is 4.98. The summed E-state index contributed by atoms with van der Waals surface area (Å²) in [5, 5.41) is 0. The van der Waals surface area contributed by atoms with Gasteiger partial charge in [0.15, 0.2) is 11.5 Å². The largest absolute Gasteiger partial charge is 0.497 e. The summed E-state index contributed by atoms with van der Waals surface area (Å²) < 4.78 is 15.8. The van der Waals surface area contributed by atoms with Crippen molar-refractivity contribution in [3.05, 3.63) is 53.1 Å². The quantitative estimate of drug-likeness (QED) is 0.832. The molecule has 20 heavy (non-hydrogen) atoms. The van der Waals surface area contributed by atoms with Crippen LogP contribution in [0.25, 0.3) is 0 Å². The lowest BCUT2D eigenvalue weighted by molar-refractivity contribution is 0.354. The van der Waals surface area contributed by atoms with E-state index < -0.39 is 0 Å². The highest BCUT2D eigenvalue weighted by molar-refractivity contribution is 5.48. The lowest BCUT2D eigenvalue weighted by Crippen LogP contribution is -1.97. The molecule has 2 aromatic carbocycles. The molecule has 0 atom stereocenters. The first-order valence-electron chi connectivity index (χ1n) is 6.52. The van der Waals surface area contributed by atoms with Gasteiger partial charge >= 0.3 is 0 Å². The molecule has 0 radical (unpaired) electrons. The Kier molecular flexibility index (Phi) is 4.51. The van der Waals surface area contributed by atoms with Gasteiger partial charge in [-0.05, 0) is 54.3 Å². The zero-order chi connectivity index (χ0) is 14.5. The van der Waals surface area contributed by atoms with E-state index in [0.717, 1.165) is 23.7 Å². The molecular weight excluding hydrogens is 252 g/mol. The van der Waals surface area contributed by atoms with Gasteiger partial charge in [0.05, 0.1) is 21.3 Å². The molecule has 3 nitrogen and oxygen atoms in total. The van der Waals surface area contributed by atoms with E-state index >= 15 is 0 Å². The first kappa shape index (κ1) is 14.3. The third kappa shape index (κ3) is 3.05. The fourth-order valence-electron chi connectivity index (χ4n) is 2.18. The summed E-state index contributed by atoms with van der Waals surface area (Å²) in [4.78, 5) is 0. The molecule has 0 aliphatic heterocycles. The van der Waals surface area contributed by atoms with Crippen LogP contribution in [-0.4, -0.2) is 21.3 Å². The fraction of sp³-hybridized carbons (Fsp3) is 0.294. The summed E-state index contributed by atoms with van der Waals surface area (Å²) in [5.41, 5.74) is 3.66. The first-order valence-corrected chi connectivity index (χ1v) is 6.52. The van der Waals surface area contributed by atoms with Gasteiger partial charge in [0.2, 0.25) is 0 Å². The van der Waals surface area contributed by atoms with Crippen molar-refractivity contribution in [2.24, 2.45) is 0 Å². The molecule has 0 spiro atoms. The summed E-state index contributed by atoms with van der Waals surface area (Å²) in [5.74, 6) is 2.41. The highest BCUT2D eigenvalue weighted by atomic mass is 16.5. The minimum atomic E-state index is 0.765. The number of benzene rings is 2. The van der Waals surface area contributed by atoms with Crippen molar-refractivity contribution < 1.29 is 14.2 Å². The monoisotopic (exact) mass is 272 g/mol. The highest BCUT2D eigenvalue weighted by Crippen LogP contribution is 2.31. The van der Waals surface area contributed by atoms with Gasteiger partial charge in [0.25, 0.3) is 0 Å². The van der Waals surface area contributed by atoms with Gasteiger partial charge in [-0.2, -0.15) is 0 Å². The van der Waals surface area contributed by atoms with Crippen molar-refractivity contribution in [3.8, 4) is 17.2 Å². The van der Waals surface area contributed by atoms with E-state index in [1.807, 2.05) is 24.3 Å². The predicted octanol–water partition coefficient (Wildman–Crippen LogP) is 3.61. The van der Waals surface area contributed by atoms with Crippen LogP contribution in [0.4, 0.5) is 0 Å². The van der Waals surface area contributed by atoms with E-state index in [-0.39, 0.29) is 0 Å². The van der Waals surface area contributed by atoms with Crippen LogP contribution in [0.1, 0.15) is 16.7 Å². The molecule has 0 amide bonds. The molecule has 0 bridgehead atoms. The number of aryl methyl sites for hydroxylation is 1. The molecule has 0 fully saturated rings. The van der Waals surface area contributed by atoms with Crippen molar-refractivity contribution in [1.29, 1.82) is 0 Å². The van der Waals surface area contributed by atoms with Crippen LogP contribution in [-0.2, 0) is 6.42 Å². The Bertz CT molecular complexity index is 574. The standard InChI is InChI=1S/C17H20O3/c1-12-9-16(19-3)17(20-4)11-14(12)10-13-5-7-15(18-2)8-6-13/h5-9,11H,10H2,1-4H3. The summed E-state index contributed by atoms with van der Waals surface area (Å²) in [6, 6.07) is 12.2. The number of hydrogen-bond donors (Lipinski definition) is 0. The van der Waals surface area contributed by atoms with Crippen molar-refractivity contribution >= 4 is 0 Å². The molecule has 0 aliphatic carbocycles. The molecule has 0 aromatic heterocycles. The molecule has 106 valence electrons. The normalized spacial score (nSPS) is 10.2. The number of methoxy groups -OCH3 is 3. The highest BCUT2D eigenvalue weighted by Gasteiger charge is 2.09. The van der Waals surface area contributed by atoms with Crippen LogP contribution >= 0.6 is 0 Å². The third-order valence-electron chi connectivity index (χ3n) is 3.40. The van der Waals surface area contributed by atoms with Crippen LogP contribution in [0.15, 0.2) is 36.4 Å². The Balaban J connectivity index is 2.27. The Labute approximate surface area is 120 Å². The molecule has 2 aromatic rings. The number of ether oxygens (including phenoxy) is 3. The summed E-state index contributed by atoms with van der Waals surface area (Å²) >= 11 is 0.